The summed E-state index contributed by atoms with van der Waals surface area (Å²) in [6.45, 7) is 9.35. The van der Waals surface area contributed by atoms with Crippen LogP contribution < -0.4 is 5.32 Å². The van der Waals surface area contributed by atoms with Gasteiger partial charge in [0.2, 0.25) is 0 Å². The second-order valence-corrected chi connectivity index (χ2v) is 5.82. The van der Waals surface area contributed by atoms with Crippen LogP contribution in [0.1, 0.15) is 40.5 Å². The number of amides is 1. The zero-order valence-electron chi connectivity index (χ0n) is 11.1. The van der Waals surface area contributed by atoms with Crippen molar-refractivity contribution in [3.8, 4) is 0 Å². The van der Waals surface area contributed by atoms with Gasteiger partial charge in [-0.25, -0.2) is 4.79 Å². The Hall–Kier alpha value is -0.770. The first-order valence-corrected chi connectivity index (χ1v) is 5.93. The minimum absolute atomic E-state index is 0.0230. The molecule has 0 spiro atoms. The molecule has 1 heterocycles. The summed E-state index contributed by atoms with van der Waals surface area (Å²) in [7, 11) is 1.94. The Morgan fingerprint density at radius 2 is 2.06 bits per heavy atom. The third-order valence-corrected chi connectivity index (χ3v) is 2.95. The number of nitrogens with zero attached hydrogens (tertiary/aromatic N) is 1. The number of ether oxygens (including phenoxy) is 1. The monoisotopic (exact) mass is 228 g/mol. The van der Waals surface area contributed by atoms with Gasteiger partial charge in [-0.2, -0.15) is 0 Å². The molecule has 0 aromatic carbocycles. The van der Waals surface area contributed by atoms with Gasteiger partial charge in [0, 0.05) is 18.6 Å². The lowest BCUT2D eigenvalue weighted by atomic mass is 9.92. The maximum atomic E-state index is 11.9. The lowest BCUT2D eigenvalue weighted by Gasteiger charge is -2.40. The Labute approximate surface area is 98.3 Å². The molecule has 4 nitrogen and oxygen atoms in total. The second kappa shape index (κ2) is 4.62. The molecule has 0 bridgehead atoms. The summed E-state index contributed by atoms with van der Waals surface area (Å²) in [5, 5.41) is 3.28. The summed E-state index contributed by atoms with van der Waals surface area (Å²) >= 11 is 0. The minimum Gasteiger partial charge on any atom is -0.444 e. The van der Waals surface area contributed by atoms with E-state index < -0.39 is 5.60 Å². The molecule has 1 aliphatic heterocycles. The smallest absolute Gasteiger partial charge is 0.410 e. The standard InChI is InChI=1S/C12H24N2O2/c1-11(2,3)16-10(15)14-8-6-7-12(4,9-14)13-5/h13H,6-9H2,1-5H3/t12-/m0/s1. The lowest BCUT2D eigenvalue weighted by Crippen LogP contribution is -2.55. The summed E-state index contributed by atoms with van der Waals surface area (Å²) in [6, 6.07) is 0. The molecule has 1 atom stereocenters. The van der Waals surface area contributed by atoms with Gasteiger partial charge in [-0.15, -0.1) is 0 Å². The van der Waals surface area contributed by atoms with Crippen molar-refractivity contribution < 1.29 is 9.53 Å². The van der Waals surface area contributed by atoms with Crippen molar-refractivity contribution in [2.24, 2.45) is 0 Å². The summed E-state index contributed by atoms with van der Waals surface area (Å²) < 4.78 is 5.37. The zero-order chi connectivity index (χ0) is 12.4. The molecule has 0 aromatic heterocycles. The number of likely N-dealkylation sites (tertiary alicyclic amines) is 1. The number of nitrogens with one attached hydrogen (secondary N) is 1. The van der Waals surface area contributed by atoms with E-state index in [0.717, 1.165) is 25.9 Å². The first-order valence-electron chi connectivity index (χ1n) is 5.93. The number of hydrogen-bond acceptors (Lipinski definition) is 3. The Morgan fingerprint density at radius 1 is 1.44 bits per heavy atom. The van der Waals surface area contributed by atoms with E-state index in [2.05, 4.69) is 12.2 Å². The fourth-order valence-corrected chi connectivity index (χ4v) is 1.93. The number of carbonyl (C=O) groups excluding carboxylic acids is 1. The molecule has 1 aliphatic rings. The predicted octanol–water partition coefficient (Wildman–Crippen LogP) is 2.00. The van der Waals surface area contributed by atoms with Crippen LogP contribution in [-0.4, -0.2) is 42.3 Å². The minimum atomic E-state index is -0.412. The quantitative estimate of drug-likeness (QED) is 0.746. The lowest BCUT2D eigenvalue weighted by molar-refractivity contribution is 0.0130. The van der Waals surface area contributed by atoms with Crippen LogP contribution in [0.25, 0.3) is 0 Å². The van der Waals surface area contributed by atoms with Crippen LogP contribution in [0.2, 0.25) is 0 Å². The molecule has 1 amide bonds. The van der Waals surface area contributed by atoms with Crippen LogP contribution in [0, 0.1) is 0 Å². The Kier molecular flexibility index (Phi) is 3.84. The average molecular weight is 228 g/mol. The highest BCUT2D eigenvalue weighted by Crippen LogP contribution is 2.22. The number of likely N-dealkylation sites (N-methyl/N-ethyl adjacent to an activating group) is 1. The molecule has 1 rings (SSSR count). The van der Waals surface area contributed by atoms with E-state index in [1.807, 2.05) is 27.8 Å². The van der Waals surface area contributed by atoms with Gasteiger partial charge < -0.3 is 15.0 Å². The fraction of sp³-hybridized carbons (Fsp3) is 0.917. The van der Waals surface area contributed by atoms with E-state index in [1.54, 1.807) is 4.90 Å². The van der Waals surface area contributed by atoms with Crippen molar-refractivity contribution in [1.82, 2.24) is 10.2 Å². The van der Waals surface area contributed by atoms with Crippen LogP contribution in [-0.2, 0) is 4.74 Å². The van der Waals surface area contributed by atoms with Gasteiger partial charge in [0.05, 0.1) is 0 Å². The largest absolute Gasteiger partial charge is 0.444 e. The Morgan fingerprint density at radius 3 is 2.56 bits per heavy atom. The molecule has 0 aromatic rings. The van der Waals surface area contributed by atoms with Crippen molar-refractivity contribution in [3.05, 3.63) is 0 Å². The van der Waals surface area contributed by atoms with Crippen molar-refractivity contribution in [1.29, 1.82) is 0 Å². The summed E-state index contributed by atoms with van der Waals surface area (Å²) in [6.07, 6.45) is 1.92. The fourth-order valence-electron chi connectivity index (χ4n) is 1.93. The number of hydrogen-bond donors (Lipinski definition) is 1. The maximum absolute atomic E-state index is 11.9. The molecule has 0 radical (unpaired) electrons. The van der Waals surface area contributed by atoms with E-state index in [9.17, 15) is 4.79 Å². The van der Waals surface area contributed by atoms with Gasteiger partial charge in [0.1, 0.15) is 5.60 Å². The van der Waals surface area contributed by atoms with Crippen LogP contribution in [0.15, 0.2) is 0 Å². The van der Waals surface area contributed by atoms with Crippen molar-refractivity contribution >= 4 is 6.09 Å². The topological polar surface area (TPSA) is 41.6 Å². The normalized spacial score (nSPS) is 26.7. The molecule has 1 fully saturated rings. The molecule has 1 saturated heterocycles. The highest BCUT2D eigenvalue weighted by Gasteiger charge is 2.33. The molecular formula is C12H24N2O2. The first kappa shape index (κ1) is 13.3. The molecule has 16 heavy (non-hydrogen) atoms. The summed E-state index contributed by atoms with van der Waals surface area (Å²) in [4.78, 5) is 13.7. The SMILES string of the molecule is CN[C@@]1(C)CCCN(C(=O)OC(C)(C)C)C1. The van der Waals surface area contributed by atoms with Gasteiger partial charge in [-0.3, -0.25) is 0 Å². The number of rotatable bonds is 1. The first-order chi connectivity index (χ1) is 7.26. The average Bonchev–Trinajstić information content (AvgIpc) is 2.15. The molecule has 0 saturated carbocycles. The third kappa shape index (κ3) is 3.67. The van der Waals surface area contributed by atoms with Crippen LogP contribution in [0.5, 0.6) is 0 Å². The maximum Gasteiger partial charge on any atom is 0.410 e. The zero-order valence-corrected chi connectivity index (χ0v) is 11.1. The van der Waals surface area contributed by atoms with E-state index in [1.165, 1.54) is 0 Å². The highest BCUT2D eigenvalue weighted by atomic mass is 16.6. The van der Waals surface area contributed by atoms with E-state index in [-0.39, 0.29) is 11.6 Å². The van der Waals surface area contributed by atoms with Crippen LogP contribution in [0.4, 0.5) is 4.79 Å². The van der Waals surface area contributed by atoms with E-state index in [0.29, 0.717) is 0 Å². The van der Waals surface area contributed by atoms with Crippen molar-refractivity contribution in [2.75, 3.05) is 20.1 Å². The van der Waals surface area contributed by atoms with Gasteiger partial charge in [-0.1, -0.05) is 0 Å². The third-order valence-electron chi connectivity index (χ3n) is 2.95. The van der Waals surface area contributed by atoms with E-state index >= 15 is 0 Å². The molecule has 94 valence electrons. The van der Waals surface area contributed by atoms with Crippen LogP contribution >= 0.6 is 0 Å². The van der Waals surface area contributed by atoms with Crippen LogP contribution in [0.3, 0.4) is 0 Å². The number of piperidine rings is 1. The van der Waals surface area contributed by atoms with Crippen molar-refractivity contribution in [2.45, 2.75) is 51.7 Å². The molecule has 1 N–H and O–H groups in total. The van der Waals surface area contributed by atoms with E-state index in [4.69, 9.17) is 4.74 Å². The highest BCUT2D eigenvalue weighted by molar-refractivity contribution is 5.68. The Bertz CT molecular complexity index is 260. The predicted molar refractivity (Wildman–Crippen MR) is 64.5 cm³/mol. The summed E-state index contributed by atoms with van der Waals surface area (Å²) in [5.74, 6) is 0. The van der Waals surface area contributed by atoms with Crippen molar-refractivity contribution in [3.63, 3.8) is 0 Å². The summed E-state index contributed by atoms with van der Waals surface area (Å²) in [5.41, 5.74) is -0.389. The van der Waals surface area contributed by atoms with Gasteiger partial charge in [-0.05, 0) is 47.6 Å². The van der Waals surface area contributed by atoms with Gasteiger partial charge in [0.25, 0.3) is 0 Å². The molecule has 4 heteroatoms. The number of carbonyl (C=O) groups is 1. The van der Waals surface area contributed by atoms with Gasteiger partial charge in [0.15, 0.2) is 0 Å². The second-order valence-electron chi connectivity index (χ2n) is 5.82. The Balaban J connectivity index is 2.57. The molecular weight excluding hydrogens is 204 g/mol. The molecule has 0 unspecified atom stereocenters. The van der Waals surface area contributed by atoms with Gasteiger partial charge >= 0.3 is 6.09 Å². The molecule has 0 aliphatic carbocycles.